The molecule has 6 nitrogen and oxygen atoms in total. The molecule has 0 aliphatic heterocycles. The highest BCUT2D eigenvalue weighted by Gasteiger charge is 2.35. The van der Waals surface area contributed by atoms with E-state index in [2.05, 4.69) is 15.7 Å². The lowest BCUT2D eigenvalue weighted by molar-refractivity contribution is -0.141. The molecule has 2 N–H and O–H groups in total. The van der Waals surface area contributed by atoms with E-state index in [4.69, 9.17) is 4.42 Å². The molecule has 0 bridgehead atoms. The number of nitrogens with one attached hydrogen (secondary N) is 2. The molecule has 0 aliphatic rings. The van der Waals surface area contributed by atoms with Crippen LogP contribution in [0.2, 0.25) is 0 Å². The van der Waals surface area contributed by atoms with Crippen molar-refractivity contribution in [1.82, 2.24) is 20.4 Å². The summed E-state index contributed by atoms with van der Waals surface area (Å²) in [6, 6.07) is 3.61. The second-order valence-corrected chi connectivity index (χ2v) is 4.12. The third-order valence-electron chi connectivity index (χ3n) is 2.68. The highest BCUT2D eigenvalue weighted by molar-refractivity contribution is 5.73. The Hall–Kier alpha value is -2.45. The average molecular weight is 302 g/mol. The van der Waals surface area contributed by atoms with E-state index in [1.807, 2.05) is 0 Å². The molecule has 2 rings (SSSR count). The highest BCUT2D eigenvalue weighted by Crippen LogP contribution is 2.31. The number of nitrogens with zero attached hydrogens (tertiary/aromatic N) is 2. The minimum absolute atomic E-state index is 0.0829. The average Bonchev–Trinajstić information content (AvgIpc) is 3.05. The Morgan fingerprint density at radius 2 is 2.24 bits per heavy atom. The van der Waals surface area contributed by atoms with Crippen LogP contribution in [0.3, 0.4) is 0 Å². The van der Waals surface area contributed by atoms with Crippen LogP contribution in [0.5, 0.6) is 0 Å². The number of furan rings is 1. The first-order valence-electron chi connectivity index (χ1n) is 6.06. The van der Waals surface area contributed by atoms with Crippen LogP contribution in [0.25, 0.3) is 11.5 Å². The Morgan fingerprint density at radius 1 is 1.48 bits per heavy atom. The number of hydrogen-bond acceptors (Lipinski definition) is 3. The fourth-order valence-electron chi connectivity index (χ4n) is 1.71. The first-order chi connectivity index (χ1) is 9.91. The lowest BCUT2D eigenvalue weighted by Crippen LogP contribution is -2.35. The second-order valence-electron chi connectivity index (χ2n) is 4.12. The summed E-state index contributed by atoms with van der Waals surface area (Å²) in [7, 11) is 1.44. The lowest BCUT2D eigenvalue weighted by atomic mass is 10.3. The predicted octanol–water partition coefficient (Wildman–Crippen LogP) is 2.09. The molecule has 2 aromatic rings. The van der Waals surface area contributed by atoms with E-state index < -0.39 is 17.9 Å². The molecule has 114 valence electrons. The smallest absolute Gasteiger partial charge is 0.435 e. The molecule has 0 radical (unpaired) electrons. The number of hydrogen-bond donors (Lipinski definition) is 2. The van der Waals surface area contributed by atoms with Crippen LogP contribution < -0.4 is 10.6 Å². The summed E-state index contributed by atoms with van der Waals surface area (Å²) in [5, 5.41) is 8.34. The topological polar surface area (TPSA) is 72.1 Å². The zero-order chi connectivity index (χ0) is 15.5. The Kier molecular flexibility index (Phi) is 4.20. The van der Waals surface area contributed by atoms with Gasteiger partial charge in [0.1, 0.15) is 5.69 Å². The predicted molar refractivity (Wildman–Crippen MR) is 67.4 cm³/mol. The molecule has 0 unspecified atom stereocenters. The van der Waals surface area contributed by atoms with Crippen LogP contribution in [0.4, 0.5) is 18.0 Å². The van der Waals surface area contributed by atoms with E-state index in [0.717, 1.165) is 10.7 Å². The van der Waals surface area contributed by atoms with Gasteiger partial charge in [-0.05, 0) is 18.2 Å². The zero-order valence-corrected chi connectivity index (χ0v) is 11.1. The lowest BCUT2D eigenvalue weighted by Gasteiger charge is -2.07. The molecule has 0 saturated heterocycles. The molecule has 0 aromatic carbocycles. The number of halogens is 3. The van der Waals surface area contributed by atoms with Crippen molar-refractivity contribution < 1.29 is 22.4 Å². The molecule has 2 aromatic heterocycles. The largest absolute Gasteiger partial charge is 0.463 e. The van der Waals surface area contributed by atoms with E-state index in [-0.39, 0.29) is 24.5 Å². The van der Waals surface area contributed by atoms with Crippen LogP contribution >= 0.6 is 0 Å². The SMILES string of the molecule is CNC(=O)NCCn1nc(C(F)(F)F)cc1-c1ccco1. The number of carbonyl (C=O) groups excluding carboxylic acids is 1. The van der Waals surface area contributed by atoms with Crippen molar-refractivity contribution in [3.63, 3.8) is 0 Å². The van der Waals surface area contributed by atoms with Gasteiger partial charge in [0.05, 0.1) is 12.8 Å². The van der Waals surface area contributed by atoms with Crippen molar-refractivity contribution in [2.45, 2.75) is 12.7 Å². The van der Waals surface area contributed by atoms with Gasteiger partial charge in [-0.25, -0.2) is 4.79 Å². The molecule has 0 atom stereocenters. The van der Waals surface area contributed by atoms with Gasteiger partial charge in [-0.15, -0.1) is 0 Å². The fourth-order valence-corrected chi connectivity index (χ4v) is 1.71. The van der Waals surface area contributed by atoms with Crippen molar-refractivity contribution >= 4 is 6.03 Å². The highest BCUT2D eigenvalue weighted by atomic mass is 19.4. The van der Waals surface area contributed by atoms with Gasteiger partial charge < -0.3 is 15.1 Å². The van der Waals surface area contributed by atoms with Gasteiger partial charge >= 0.3 is 12.2 Å². The van der Waals surface area contributed by atoms with Crippen molar-refractivity contribution in [2.75, 3.05) is 13.6 Å². The summed E-state index contributed by atoms with van der Waals surface area (Å²) in [5.41, 5.74) is -0.806. The Labute approximate surface area is 117 Å². The van der Waals surface area contributed by atoms with Crippen LogP contribution in [0.15, 0.2) is 28.9 Å². The number of urea groups is 1. The summed E-state index contributed by atoms with van der Waals surface area (Å²) < 4.78 is 44.5. The Bertz CT molecular complexity index is 605. The first kappa shape index (κ1) is 14.9. The maximum Gasteiger partial charge on any atom is 0.435 e. The number of amides is 2. The quantitative estimate of drug-likeness (QED) is 0.908. The van der Waals surface area contributed by atoms with Crippen molar-refractivity contribution in [2.24, 2.45) is 0 Å². The van der Waals surface area contributed by atoms with E-state index in [0.29, 0.717) is 0 Å². The normalized spacial score (nSPS) is 11.4. The van der Waals surface area contributed by atoms with E-state index in [9.17, 15) is 18.0 Å². The molecule has 9 heteroatoms. The number of carbonyl (C=O) groups is 1. The van der Waals surface area contributed by atoms with Gasteiger partial charge in [-0.3, -0.25) is 4.68 Å². The molecule has 0 fully saturated rings. The Balaban J connectivity index is 2.22. The van der Waals surface area contributed by atoms with Gasteiger partial charge in [0.15, 0.2) is 11.5 Å². The maximum absolute atomic E-state index is 12.7. The zero-order valence-electron chi connectivity index (χ0n) is 11.1. The van der Waals surface area contributed by atoms with Gasteiger partial charge in [-0.1, -0.05) is 0 Å². The van der Waals surface area contributed by atoms with Crippen LogP contribution in [-0.2, 0) is 12.7 Å². The first-order valence-corrected chi connectivity index (χ1v) is 6.06. The minimum atomic E-state index is -4.54. The third-order valence-corrected chi connectivity index (χ3v) is 2.68. The van der Waals surface area contributed by atoms with Gasteiger partial charge in [0.25, 0.3) is 0 Å². The van der Waals surface area contributed by atoms with Gasteiger partial charge in [0, 0.05) is 13.6 Å². The standard InChI is InChI=1S/C12H13F3N4O2/c1-16-11(20)17-4-5-19-8(9-3-2-6-21-9)7-10(18-19)12(13,14)15/h2-3,6-7H,4-5H2,1H3,(H2,16,17,20). The molecule has 2 amide bonds. The van der Waals surface area contributed by atoms with E-state index >= 15 is 0 Å². The van der Waals surface area contributed by atoms with Crippen LogP contribution in [0, 0.1) is 0 Å². The fraction of sp³-hybridized carbons (Fsp3) is 0.333. The molecule has 0 aliphatic carbocycles. The monoisotopic (exact) mass is 302 g/mol. The molecule has 0 saturated carbocycles. The van der Waals surface area contributed by atoms with Crippen LogP contribution in [-0.4, -0.2) is 29.4 Å². The molecular weight excluding hydrogens is 289 g/mol. The molecular formula is C12H13F3N4O2. The molecule has 2 heterocycles. The third kappa shape index (κ3) is 3.56. The second kappa shape index (κ2) is 5.90. The van der Waals surface area contributed by atoms with Gasteiger partial charge in [-0.2, -0.15) is 18.3 Å². The van der Waals surface area contributed by atoms with Gasteiger partial charge in [0.2, 0.25) is 0 Å². The number of aromatic nitrogens is 2. The summed E-state index contributed by atoms with van der Waals surface area (Å²) >= 11 is 0. The maximum atomic E-state index is 12.7. The van der Waals surface area contributed by atoms with Crippen molar-refractivity contribution in [3.05, 3.63) is 30.2 Å². The summed E-state index contributed by atoms with van der Waals surface area (Å²) in [6.07, 6.45) is -3.18. The van der Waals surface area contributed by atoms with E-state index in [1.54, 1.807) is 12.1 Å². The van der Waals surface area contributed by atoms with E-state index in [1.165, 1.54) is 13.3 Å². The Morgan fingerprint density at radius 3 is 2.81 bits per heavy atom. The number of rotatable bonds is 4. The number of alkyl halides is 3. The van der Waals surface area contributed by atoms with Crippen molar-refractivity contribution in [1.29, 1.82) is 0 Å². The summed E-state index contributed by atoms with van der Waals surface area (Å²) in [5.74, 6) is 0.276. The summed E-state index contributed by atoms with van der Waals surface area (Å²) in [6.45, 7) is 0.214. The minimum Gasteiger partial charge on any atom is -0.463 e. The van der Waals surface area contributed by atoms with Crippen molar-refractivity contribution in [3.8, 4) is 11.5 Å². The molecule has 21 heavy (non-hydrogen) atoms. The molecule has 0 spiro atoms. The summed E-state index contributed by atoms with van der Waals surface area (Å²) in [4.78, 5) is 11.0. The van der Waals surface area contributed by atoms with Crippen LogP contribution in [0.1, 0.15) is 5.69 Å².